The van der Waals surface area contributed by atoms with Gasteiger partial charge in [0.2, 0.25) is 0 Å². The maximum atomic E-state index is 12.1. The van der Waals surface area contributed by atoms with Crippen LogP contribution in [0.2, 0.25) is 0 Å². The van der Waals surface area contributed by atoms with Crippen LogP contribution in [0.25, 0.3) is 0 Å². The van der Waals surface area contributed by atoms with Crippen LogP contribution in [0.1, 0.15) is 24.1 Å². The summed E-state index contributed by atoms with van der Waals surface area (Å²) in [5, 5.41) is 5.08. The van der Waals surface area contributed by atoms with Crippen molar-refractivity contribution in [2.24, 2.45) is 0 Å². The highest BCUT2D eigenvalue weighted by Crippen LogP contribution is 2.28. The molecule has 0 aromatic heterocycles. The van der Waals surface area contributed by atoms with Gasteiger partial charge in [-0.2, -0.15) is 0 Å². The monoisotopic (exact) mass is 391 g/mol. The average molecular weight is 391 g/mol. The zero-order chi connectivity index (χ0) is 20.5. The van der Waals surface area contributed by atoms with Crippen LogP contribution in [-0.2, 0) is 11.3 Å². The highest BCUT2D eigenvalue weighted by molar-refractivity contribution is 5.91. The van der Waals surface area contributed by atoms with Crippen LogP contribution in [0.15, 0.2) is 78.9 Å². The third-order valence-electron chi connectivity index (χ3n) is 4.68. The Morgan fingerprint density at radius 1 is 0.966 bits per heavy atom. The van der Waals surface area contributed by atoms with Gasteiger partial charge in [-0.3, -0.25) is 4.79 Å². The standard InChI is InChI=1S/C24H26N2O3/c1-18(20-9-5-3-6-10-20)25-16-19-13-14-22(23(15-19)28-2)29-17-24(27)26-21-11-7-4-8-12-21/h3-15,18,25H,16-17H2,1-2H3,(H,26,27)/p+1/t18-/m1/s1. The number of carbonyl (C=O) groups excluding carboxylic acids is 1. The molecule has 0 fully saturated rings. The van der Waals surface area contributed by atoms with E-state index in [-0.39, 0.29) is 12.5 Å². The van der Waals surface area contributed by atoms with E-state index in [0.717, 1.165) is 17.8 Å². The number of nitrogens with two attached hydrogens (primary N) is 1. The van der Waals surface area contributed by atoms with E-state index < -0.39 is 0 Å². The highest BCUT2D eigenvalue weighted by Gasteiger charge is 2.12. The van der Waals surface area contributed by atoms with Crippen molar-refractivity contribution in [3.63, 3.8) is 0 Å². The summed E-state index contributed by atoms with van der Waals surface area (Å²) in [6.07, 6.45) is 0. The van der Waals surface area contributed by atoms with E-state index in [9.17, 15) is 4.79 Å². The Balaban J connectivity index is 1.55. The van der Waals surface area contributed by atoms with Crippen molar-refractivity contribution < 1.29 is 19.6 Å². The van der Waals surface area contributed by atoms with Gasteiger partial charge in [0.1, 0.15) is 12.6 Å². The van der Waals surface area contributed by atoms with Crippen molar-refractivity contribution in [2.45, 2.75) is 19.5 Å². The topological polar surface area (TPSA) is 64.2 Å². The largest absolute Gasteiger partial charge is 0.493 e. The summed E-state index contributed by atoms with van der Waals surface area (Å²) in [6, 6.07) is 25.9. The molecule has 3 aromatic carbocycles. The third kappa shape index (κ3) is 6.09. The van der Waals surface area contributed by atoms with Gasteiger partial charge in [-0.25, -0.2) is 0 Å². The minimum Gasteiger partial charge on any atom is -0.493 e. The maximum absolute atomic E-state index is 12.1. The summed E-state index contributed by atoms with van der Waals surface area (Å²) in [6.45, 7) is 2.93. The molecule has 0 radical (unpaired) electrons. The Bertz CT molecular complexity index is 914. The fourth-order valence-corrected chi connectivity index (χ4v) is 3.03. The molecule has 0 saturated heterocycles. The smallest absolute Gasteiger partial charge is 0.262 e. The van der Waals surface area contributed by atoms with Gasteiger partial charge in [-0.1, -0.05) is 48.5 Å². The van der Waals surface area contributed by atoms with Crippen LogP contribution in [-0.4, -0.2) is 19.6 Å². The third-order valence-corrected chi connectivity index (χ3v) is 4.68. The molecule has 0 spiro atoms. The molecular weight excluding hydrogens is 364 g/mol. The van der Waals surface area contributed by atoms with Crippen LogP contribution >= 0.6 is 0 Å². The van der Waals surface area contributed by atoms with Crippen LogP contribution in [0.5, 0.6) is 11.5 Å². The van der Waals surface area contributed by atoms with Crippen LogP contribution in [0, 0.1) is 0 Å². The molecule has 150 valence electrons. The van der Waals surface area contributed by atoms with E-state index in [1.807, 2.05) is 54.6 Å². The predicted molar refractivity (Wildman–Crippen MR) is 114 cm³/mol. The van der Waals surface area contributed by atoms with Gasteiger partial charge < -0.3 is 20.1 Å². The fraction of sp³-hybridized carbons (Fsp3) is 0.208. The van der Waals surface area contributed by atoms with Crippen molar-refractivity contribution in [1.29, 1.82) is 0 Å². The quantitative estimate of drug-likeness (QED) is 0.586. The fourth-order valence-electron chi connectivity index (χ4n) is 3.03. The molecule has 0 heterocycles. The number of hydrogen-bond donors (Lipinski definition) is 2. The predicted octanol–water partition coefficient (Wildman–Crippen LogP) is 3.54. The summed E-state index contributed by atoms with van der Waals surface area (Å²) in [7, 11) is 1.60. The number of anilines is 1. The second-order valence-corrected chi connectivity index (χ2v) is 6.83. The molecule has 3 N–H and O–H groups in total. The van der Waals surface area contributed by atoms with Gasteiger partial charge in [0.15, 0.2) is 18.1 Å². The van der Waals surface area contributed by atoms with E-state index >= 15 is 0 Å². The molecule has 1 amide bonds. The van der Waals surface area contributed by atoms with Gasteiger partial charge in [0.25, 0.3) is 5.91 Å². The number of quaternary nitrogens is 1. The number of hydrogen-bond acceptors (Lipinski definition) is 3. The minimum atomic E-state index is -0.215. The molecule has 0 aliphatic carbocycles. The van der Waals surface area contributed by atoms with Gasteiger partial charge in [0.05, 0.1) is 7.11 Å². The Kier molecular flexibility index (Phi) is 7.25. The molecule has 5 nitrogen and oxygen atoms in total. The van der Waals surface area contributed by atoms with E-state index in [1.54, 1.807) is 7.11 Å². The first-order chi connectivity index (χ1) is 14.2. The van der Waals surface area contributed by atoms with Crippen molar-refractivity contribution in [3.05, 3.63) is 90.0 Å². The number of rotatable bonds is 9. The number of methoxy groups -OCH3 is 1. The second kappa shape index (κ2) is 10.3. The molecule has 0 aliphatic rings. The molecule has 0 saturated carbocycles. The number of para-hydroxylation sites is 1. The van der Waals surface area contributed by atoms with Gasteiger partial charge in [0, 0.05) is 16.8 Å². The Labute approximate surface area is 171 Å². The zero-order valence-electron chi connectivity index (χ0n) is 16.8. The zero-order valence-corrected chi connectivity index (χ0v) is 16.8. The Morgan fingerprint density at radius 3 is 2.34 bits per heavy atom. The average Bonchev–Trinajstić information content (AvgIpc) is 2.77. The number of nitrogens with one attached hydrogen (secondary N) is 1. The first-order valence-corrected chi connectivity index (χ1v) is 9.68. The number of carbonyl (C=O) groups is 1. The molecular formula is C24H27N2O3+. The van der Waals surface area contributed by atoms with Gasteiger partial charge in [-0.05, 0) is 37.3 Å². The van der Waals surface area contributed by atoms with E-state index in [1.165, 1.54) is 5.56 Å². The molecule has 0 aliphatic heterocycles. The van der Waals surface area contributed by atoms with Crippen LogP contribution in [0.4, 0.5) is 5.69 Å². The van der Waals surface area contributed by atoms with Crippen molar-refractivity contribution in [3.8, 4) is 11.5 Å². The summed E-state index contributed by atoms with van der Waals surface area (Å²) < 4.78 is 11.1. The minimum absolute atomic E-state index is 0.0816. The molecule has 3 rings (SSSR count). The highest BCUT2D eigenvalue weighted by atomic mass is 16.5. The van der Waals surface area contributed by atoms with E-state index in [4.69, 9.17) is 9.47 Å². The summed E-state index contributed by atoms with van der Waals surface area (Å²) in [5.74, 6) is 0.957. The lowest BCUT2D eigenvalue weighted by Gasteiger charge is -2.14. The maximum Gasteiger partial charge on any atom is 0.262 e. The van der Waals surface area contributed by atoms with Gasteiger partial charge >= 0.3 is 0 Å². The summed E-state index contributed by atoms with van der Waals surface area (Å²) in [4.78, 5) is 12.1. The molecule has 0 bridgehead atoms. The van der Waals surface area contributed by atoms with E-state index in [0.29, 0.717) is 17.5 Å². The summed E-state index contributed by atoms with van der Waals surface area (Å²) in [5.41, 5.74) is 3.17. The normalized spacial score (nSPS) is 11.5. The molecule has 1 atom stereocenters. The van der Waals surface area contributed by atoms with Crippen molar-refractivity contribution in [2.75, 3.05) is 19.0 Å². The molecule has 5 heteroatoms. The number of benzene rings is 3. The number of amides is 1. The first kappa shape index (κ1) is 20.4. The lowest BCUT2D eigenvalue weighted by atomic mass is 10.1. The first-order valence-electron chi connectivity index (χ1n) is 9.68. The second-order valence-electron chi connectivity index (χ2n) is 6.83. The van der Waals surface area contributed by atoms with Crippen LogP contribution < -0.4 is 20.1 Å². The number of ether oxygens (including phenoxy) is 2. The molecule has 3 aromatic rings. The SMILES string of the molecule is COc1cc(C[NH2+][C@H](C)c2ccccc2)ccc1OCC(=O)Nc1ccccc1. The molecule has 0 unspecified atom stereocenters. The lowest BCUT2D eigenvalue weighted by Crippen LogP contribution is -2.83. The lowest BCUT2D eigenvalue weighted by molar-refractivity contribution is -0.707. The van der Waals surface area contributed by atoms with Crippen molar-refractivity contribution >= 4 is 11.6 Å². The van der Waals surface area contributed by atoms with Crippen molar-refractivity contribution in [1.82, 2.24) is 0 Å². The molecule has 29 heavy (non-hydrogen) atoms. The summed E-state index contributed by atoms with van der Waals surface area (Å²) >= 11 is 0. The Morgan fingerprint density at radius 2 is 1.66 bits per heavy atom. The Hall–Kier alpha value is -3.31. The van der Waals surface area contributed by atoms with Gasteiger partial charge in [-0.15, -0.1) is 0 Å². The van der Waals surface area contributed by atoms with Crippen LogP contribution in [0.3, 0.4) is 0 Å². The van der Waals surface area contributed by atoms with E-state index in [2.05, 4.69) is 41.8 Å².